The van der Waals surface area contributed by atoms with Gasteiger partial charge in [0.25, 0.3) is 5.91 Å². The molecule has 3 aromatic rings. The van der Waals surface area contributed by atoms with Crippen LogP contribution in [0.15, 0.2) is 76.2 Å². The predicted octanol–water partition coefficient (Wildman–Crippen LogP) is 3.70. The zero-order valence-corrected chi connectivity index (χ0v) is 16.9. The van der Waals surface area contributed by atoms with Gasteiger partial charge in [-0.1, -0.05) is 41.9 Å². The second kappa shape index (κ2) is 8.18. The Morgan fingerprint density at radius 1 is 1.07 bits per heavy atom. The van der Waals surface area contributed by atoms with Crippen molar-refractivity contribution in [2.75, 3.05) is 14.1 Å². The van der Waals surface area contributed by atoms with Crippen LogP contribution >= 0.6 is 11.6 Å². The molecule has 0 saturated carbocycles. The van der Waals surface area contributed by atoms with E-state index in [0.717, 1.165) is 9.87 Å². The zero-order chi connectivity index (χ0) is 20.3. The van der Waals surface area contributed by atoms with Crippen molar-refractivity contribution in [2.45, 2.75) is 10.9 Å². The Morgan fingerprint density at radius 3 is 2.39 bits per heavy atom. The second-order valence-electron chi connectivity index (χ2n) is 6.26. The summed E-state index contributed by atoms with van der Waals surface area (Å²) in [6.07, 6.45) is 1.52. The predicted molar refractivity (Wildman–Crippen MR) is 107 cm³/mol. The van der Waals surface area contributed by atoms with Crippen LogP contribution in [0.3, 0.4) is 0 Å². The lowest BCUT2D eigenvalue weighted by Gasteiger charge is -2.18. The number of nitrogens with zero attached hydrogens (tertiary/aromatic N) is 1. The van der Waals surface area contributed by atoms with Crippen molar-refractivity contribution < 1.29 is 17.6 Å². The fraction of sp³-hybridized carbons (Fsp3) is 0.150. The van der Waals surface area contributed by atoms with Crippen LogP contribution in [0.1, 0.15) is 27.7 Å². The Hall–Kier alpha value is -2.61. The molecule has 1 atom stereocenters. The Bertz CT molecular complexity index is 1060. The fourth-order valence-electron chi connectivity index (χ4n) is 2.68. The van der Waals surface area contributed by atoms with Crippen LogP contribution in [-0.4, -0.2) is 32.7 Å². The van der Waals surface area contributed by atoms with Gasteiger partial charge in [0, 0.05) is 14.1 Å². The summed E-state index contributed by atoms with van der Waals surface area (Å²) < 4.78 is 31.3. The molecule has 0 aliphatic rings. The number of benzene rings is 2. The monoisotopic (exact) mass is 418 g/mol. The van der Waals surface area contributed by atoms with E-state index in [4.69, 9.17) is 16.0 Å². The molecule has 0 radical (unpaired) electrons. The van der Waals surface area contributed by atoms with Crippen molar-refractivity contribution >= 4 is 27.5 Å². The van der Waals surface area contributed by atoms with E-state index in [-0.39, 0.29) is 15.5 Å². The highest BCUT2D eigenvalue weighted by atomic mass is 35.5. The van der Waals surface area contributed by atoms with Crippen molar-refractivity contribution in [2.24, 2.45) is 0 Å². The number of carbonyl (C=O) groups is 1. The van der Waals surface area contributed by atoms with Crippen LogP contribution in [0, 0.1) is 0 Å². The molecule has 6 nitrogen and oxygen atoms in total. The van der Waals surface area contributed by atoms with E-state index in [9.17, 15) is 13.2 Å². The molecule has 146 valence electrons. The van der Waals surface area contributed by atoms with Gasteiger partial charge in [-0.05, 0) is 35.9 Å². The highest BCUT2D eigenvalue weighted by Gasteiger charge is 2.24. The number of halogens is 1. The molecule has 1 amide bonds. The summed E-state index contributed by atoms with van der Waals surface area (Å²) in [6.45, 7) is 0. The Balaban J connectivity index is 1.97. The summed E-state index contributed by atoms with van der Waals surface area (Å²) in [5, 5.41) is 3.03. The molecule has 0 spiro atoms. The number of furan rings is 1. The molecule has 28 heavy (non-hydrogen) atoms. The molecule has 0 fully saturated rings. The van der Waals surface area contributed by atoms with Gasteiger partial charge in [-0.25, -0.2) is 12.7 Å². The second-order valence-corrected chi connectivity index (χ2v) is 8.82. The maximum Gasteiger partial charge on any atom is 0.253 e. The van der Waals surface area contributed by atoms with Gasteiger partial charge in [-0.15, -0.1) is 0 Å². The Labute approximate surface area is 168 Å². The van der Waals surface area contributed by atoms with Crippen LogP contribution in [-0.2, 0) is 10.0 Å². The van der Waals surface area contributed by atoms with Gasteiger partial charge in [-0.2, -0.15) is 0 Å². The molecule has 0 bridgehead atoms. The number of hydrogen-bond donors (Lipinski definition) is 1. The number of nitrogens with one attached hydrogen (secondary N) is 1. The normalized spacial score (nSPS) is 12.7. The van der Waals surface area contributed by atoms with Gasteiger partial charge in [0.15, 0.2) is 0 Å². The van der Waals surface area contributed by atoms with E-state index in [1.54, 1.807) is 12.1 Å². The zero-order valence-electron chi connectivity index (χ0n) is 15.3. The van der Waals surface area contributed by atoms with Crippen molar-refractivity contribution in [3.8, 4) is 0 Å². The average molecular weight is 419 g/mol. The molecule has 1 heterocycles. The first kappa shape index (κ1) is 20.1. The smallest absolute Gasteiger partial charge is 0.253 e. The standard InChI is InChI=1S/C20H19ClN2O4S/c1-23(2)28(25,26)15-10-11-17(21)16(13-15)20(24)22-19(18-9-6-12-27-18)14-7-4-3-5-8-14/h3-13,19H,1-2H3,(H,22,24)/t19-/m1/s1. The SMILES string of the molecule is CN(C)S(=O)(=O)c1ccc(Cl)c(C(=O)N[C@H](c2ccccc2)c2ccco2)c1. The van der Waals surface area contributed by atoms with Crippen molar-refractivity contribution in [3.63, 3.8) is 0 Å². The van der Waals surface area contributed by atoms with Crippen LogP contribution in [0.2, 0.25) is 5.02 Å². The maximum atomic E-state index is 12.9. The average Bonchev–Trinajstić information content (AvgIpc) is 3.21. The number of carbonyl (C=O) groups excluding carboxylic acids is 1. The summed E-state index contributed by atoms with van der Waals surface area (Å²) in [6, 6.07) is 16.3. The van der Waals surface area contributed by atoms with Gasteiger partial charge in [-0.3, -0.25) is 4.79 Å². The van der Waals surface area contributed by atoms with E-state index < -0.39 is 22.0 Å². The molecule has 0 unspecified atom stereocenters. The molecular weight excluding hydrogens is 400 g/mol. The van der Waals surface area contributed by atoms with Gasteiger partial charge >= 0.3 is 0 Å². The van der Waals surface area contributed by atoms with E-state index in [1.807, 2.05) is 30.3 Å². The third kappa shape index (κ3) is 4.11. The molecule has 0 aliphatic carbocycles. The molecular formula is C20H19ClN2O4S. The third-order valence-electron chi connectivity index (χ3n) is 4.20. The quantitative estimate of drug-likeness (QED) is 0.661. The lowest BCUT2D eigenvalue weighted by atomic mass is 10.0. The molecule has 2 aromatic carbocycles. The number of sulfonamides is 1. The Kier molecular flexibility index (Phi) is 5.88. The number of amides is 1. The van der Waals surface area contributed by atoms with E-state index >= 15 is 0 Å². The summed E-state index contributed by atoms with van der Waals surface area (Å²) in [7, 11) is -0.852. The molecule has 3 rings (SSSR count). The minimum absolute atomic E-state index is 0.0127. The molecule has 0 aliphatic heterocycles. The fourth-order valence-corrected chi connectivity index (χ4v) is 3.81. The molecule has 1 aromatic heterocycles. The summed E-state index contributed by atoms with van der Waals surface area (Å²) in [5.74, 6) is 0.0406. The number of rotatable bonds is 6. The first-order chi connectivity index (χ1) is 13.3. The summed E-state index contributed by atoms with van der Waals surface area (Å²) >= 11 is 6.18. The highest BCUT2D eigenvalue weighted by Crippen LogP contribution is 2.26. The lowest BCUT2D eigenvalue weighted by molar-refractivity contribution is 0.0939. The van der Waals surface area contributed by atoms with Crippen LogP contribution in [0.5, 0.6) is 0 Å². The molecule has 0 saturated heterocycles. The largest absolute Gasteiger partial charge is 0.467 e. The maximum absolute atomic E-state index is 12.9. The van der Waals surface area contributed by atoms with Gasteiger partial charge in [0.1, 0.15) is 11.8 Å². The highest BCUT2D eigenvalue weighted by molar-refractivity contribution is 7.89. The van der Waals surface area contributed by atoms with E-state index in [0.29, 0.717) is 5.76 Å². The summed E-state index contributed by atoms with van der Waals surface area (Å²) in [4.78, 5) is 12.9. The van der Waals surface area contributed by atoms with Crippen molar-refractivity contribution in [3.05, 3.63) is 88.8 Å². The van der Waals surface area contributed by atoms with Crippen LogP contribution < -0.4 is 5.32 Å². The topological polar surface area (TPSA) is 79.6 Å². The third-order valence-corrected chi connectivity index (χ3v) is 6.34. The first-order valence-corrected chi connectivity index (χ1v) is 10.2. The Morgan fingerprint density at radius 2 is 1.79 bits per heavy atom. The van der Waals surface area contributed by atoms with Gasteiger partial charge in [0.2, 0.25) is 10.0 Å². The number of hydrogen-bond acceptors (Lipinski definition) is 4. The van der Waals surface area contributed by atoms with Crippen LogP contribution in [0.4, 0.5) is 0 Å². The van der Waals surface area contributed by atoms with Crippen LogP contribution in [0.25, 0.3) is 0 Å². The molecule has 1 N–H and O–H groups in total. The molecule has 8 heteroatoms. The minimum atomic E-state index is -3.70. The first-order valence-electron chi connectivity index (χ1n) is 8.42. The summed E-state index contributed by atoms with van der Waals surface area (Å²) in [5.41, 5.74) is 0.885. The minimum Gasteiger partial charge on any atom is -0.467 e. The lowest BCUT2D eigenvalue weighted by Crippen LogP contribution is -2.30. The van der Waals surface area contributed by atoms with E-state index in [2.05, 4.69) is 5.32 Å². The van der Waals surface area contributed by atoms with E-state index in [1.165, 1.54) is 38.6 Å². The van der Waals surface area contributed by atoms with Crippen molar-refractivity contribution in [1.29, 1.82) is 0 Å². The van der Waals surface area contributed by atoms with Gasteiger partial charge < -0.3 is 9.73 Å². The van der Waals surface area contributed by atoms with Gasteiger partial charge in [0.05, 0.1) is 21.7 Å². The van der Waals surface area contributed by atoms with Crippen molar-refractivity contribution in [1.82, 2.24) is 9.62 Å².